The smallest absolute Gasteiger partial charge is 0.872 e. The molecule has 0 aliphatic rings. The first-order valence-electron chi connectivity index (χ1n) is 5.45. The molecule has 2 aromatic carbocycles. The summed E-state index contributed by atoms with van der Waals surface area (Å²) in [7, 11) is -8.85. The maximum absolute atomic E-state index is 12.3. The van der Waals surface area contributed by atoms with E-state index in [2.05, 4.69) is 0 Å². The average molecular weight is 368 g/mol. The van der Waals surface area contributed by atoms with Crippen LogP contribution in [0.3, 0.4) is 0 Å². The first-order valence-corrected chi connectivity index (χ1v) is 8.37. The maximum Gasteiger partial charge on any atom is 1.00 e. The molecule has 0 heterocycles. The average Bonchev–Trinajstić information content (AvgIpc) is 2.38. The minimum Gasteiger partial charge on any atom is -0.872 e. The van der Waals surface area contributed by atoms with Crippen LogP contribution in [-0.2, 0) is 20.0 Å². The van der Waals surface area contributed by atoms with Gasteiger partial charge in [-0.25, -0.2) is 8.42 Å². The zero-order valence-corrected chi connectivity index (χ0v) is 16.0. The summed E-state index contributed by atoms with van der Waals surface area (Å²) in [5, 5.41) is 20.6. The molecule has 22 heavy (non-hydrogen) atoms. The minimum absolute atomic E-state index is 0. The fraction of sp³-hybridized carbons (Fsp3) is 0. The largest absolute Gasteiger partial charge is 1.00 e. The molecule has 112 valence electrons. The van der Waals surface area contributed by atoms with Crippen LogP contribution < -0.4 is 56.5 Å². The van der Waals surface area contributed by atoms with Gasteiger partial charge < -0.3 is 10.2 Å². The molecular formula is C12H9KO7S2. The molecule has 0 aromatic heterocycles. The molecule has 0 atom stereocenters. The predicted molar refractivity (Wildman–Crippen MR) is 69.3 cm³/mol. The van der Waals surface area contributed by atoms with E-state index in [-0.39, 0.29) is 56.3 Å². The van der Waals surface area contributed by atoms with Crippen LogP contribution in [-0.4, -0.2) is 26.5 Å². The second kappa shape index (κ2) is 6.97. The fourth-order valence-electron chi connectivity index (χ4n) is 1.62. The molecule has 0 saturated heterocycles. The van der Waals surface area contributed by atoms with Crippen LogP contribution in [0.25, 0.3) is 0 Å². The van der Waals surface area contributed by atoms with E-state index in [1.807, 2.05) is 0 Å². The summed E-state index contributed by atoms with van der Waals surface area (Å²) in [4.78, 5) is -1.64. The summed E-state index contributed by atoms with van der Waals surface area (Å²) < 4.78 is 55.6. The fourth-order valence-corrected chi connectivity index (χ4v) is 3.57. The van der Waals surface area contributed by atoms with Crippen molar-refractivity contribution in [2.75, 3.05) is 0 Å². The van der Waals surface area contributed by atoms with Gasteiger partial charge in [-0.05, 0) is 30.3 Å². The molecule has 10 heteroatoms. The number of phenols is 1. The van der Waals surface area contributed by atoms with Crippen molar-refractivity contribution in [3.63, 3.8) is 0 Å². The Labute approximate surface area is 169 Å². The monoisotopic (exact) mass is 368 g/mol. The molecule has 7 nitrogen and oxygen atoms in total. The standard InChI is InChI=1S/C12H10O7S2.K/c13-8-1-3-9(4-2-8)20(15,16)12-7-10(21(17,18)19)5-6-11(12)14;/h1-7,13-14H,(H,17,18,19);/q;+1/p-1. The Bertz CT molecular complexity index is 888. The van der Waals surface area contributed by atoms with Crippen molar-refractivity contribution in [1.82, 2.24) is 0 Å². The van der Waals surface area contributed by atoms with Gasteiger partial charge in [-0.1, -0.05) is 12.1 Å². The second-order valence-electron chi connectivity index (χ2n) is 4.08. The van der Waals surface area contributed by atoms with Crippen molar-refractivity contribution in [3.8, 4) is 11.5 Å². The molecule has 0 bridgehead atoms. The van der Waals surface area contributed by atoms with Gasteiger partial charge >= 0.3 is 51.4 Å². The summed E-state index contributed by atoms with van der Waals surface area (Å²) in [5.74, 6) is -1.07. The summed E-state index contributed by atoms with van der Waals surface area (Å²) in [5.41, 5.74) is 0. The van der Waals surface area contributed by atoms with Crippen LogP contribution in [0, 0.1) is 0 Å². The summed E-state index contributed by atoms with van der Waals surface area (Å²) in [6.07, 6.45) is 0. The molecule has 2 rings (SSSR count). The Kier molecular flexibility index (Phi) is 6.20. The van der Waals surface area contributed by atoms with Gasteiger partial charge in [-0.3, -0.25) is 4.55 Å². The molecule has 0 amide bonds. The van der Waals surface area contributed by atoms with Crippen LogP contribution in [0.2, 0.25) is 0 Å². The number of phenolic OH excluding ortho intramolecular Hbond substituents is 1. The summed E-state index contributed by atoms with van der Waals surface area (Å²) >= 11 is 0. The van der Waals surface area contributed by atoms with Crippen LogP contribution >= 0.6 is 0 Å². The van der Waals surface area contributed by atoms with Crippen LogP contribution in [0.1, 0.15) is 0 Å². The molecule has 0 spiro atoms. The van der Waals surface area contributed by atoms with Gasteiger partial charge in [0, 0.05) is 0 Å². The van der Waals surface area contributed by atoms with E-state index in [0.717, 1.165) is 36.4 Å². The van der Waals surface area contributed by atoms with Gasteiger partial charge in [0.1, 0.15) is 10.6 Å². The Hall–Kier alpha value is -0.464. The predicted octanol–water partition coefficient (Wildman–Crippen LogP) is -2.45. The Morgan fingerprint density at radius 1 is 0.864 bits per heavy atom. The molecule has 2 aromatic rings. The summed E-state index contributed by atoms with van der Waals surface area (Å²) in [6.45, 7) is 0. The molecule has 0 radical (unpaired) electrons. The van der Waals surface area contributed by atoms with Gasteiger partial charge in [0.2, 0.25) is 9.84 Å². The van der Waals surface area contributed by atoms with Crippen LogP contribution in [0.5, 0.6) is 11.5 Å². The quantitative estimate of drug-likeness (QED) is 0.454. The van der Waals surface area contributed by atoms with E-state index in [9.17, 15) is 27.0 Å². The first kappa shape index (κ1) is 19.6. The zero-order chi connectivity index (χ0) is 15.8. The molecule has 0 fully saturated rings. The Balaban J connectivity index is 0.00000242. The van der Waals surface area contributed by atoms with E-state index in [1.54, 1.807) is 0 Å². The van der Waals surface area contributed by atoms with E-state index >= 15 is 0 Å². The van der Waals surface area contributed by atoms with Gasteiger partial charge in [-0.2, -0.15) is 8.42 Å². The molecule has 2 N–H and O–H groups in total. The van der Waals surface area contributed by atoms with E-state index < -0.39 is 41.2 Å². The number of aromatic hydroxyl groups is 1. The van der Waals surface area contributed by atoms with Gasteiger partial charge in [-0.15, -0.1) is 5.75 Å². The summed E-state index contributed by atoms with van der Waals surface area (Å²) in [6, 6.07) is 6.48. The maximum atomic E-state index is 12.3. The number of hydrogen-bond acceptors (Lipinski definition) is 6. The van der Waals surface area contributed by atoms with E-state index in [1.165, 1.54) is 0 Å². The Morgan fingerprint density at radius 3 is 1.86 bits per heavy atom. The zero-order valence-electron chi connectivity index (χ0n) is 11.3. The molecule has 0 saturated carbocycles. The van der Waals surface area contributed by atoms with Crippen molar-refractivity contribution < 1.29 is 83.0 Å². The molecule has 0 unspecified atom stereocenters. The number of hydrogen-bond donors (Lipinski definition) is 2. The van der Waals surface area contributed by atoms with Crippen molar-refractivity contribution in [2.45, 2.75) is 14.7 Å². The first-order chi connectivity index (χ1) is 9.62. The van der Waals surface area contributed by atoms with Crippen LogP contribution in [0.4, 0.5) is 0 Å². The number of rotatable bonds is 3. The van der Waals surface area contributed by atoms with Gasteiger partial charge in [0.15, 0.2) is 0 Å². The van der Waals surface area contributed by atoms with E-state index in [4.69, 9.17) is 4.55 Å². The van der Waals surface area contributed by atoms with Crippen molar-refractivity contribution in [1.29, 1.82) is 0 Å². The van der Waals surface area contributed by atoms with E-state index in [0.29, 0.717) is 6.07 Å². The van der Waals surface area contributed by atoms with Crippen molar-refractivity contribution in [3.05, 3.63) is 42.5 Å². The number of sulfone groups is 1. The second-order valence-corrected chi connectivity index (χ2v) is 7.42. The molecular weight excluding hydrogens is 359 g/mol. The normalized spacial score (nSPS) is 11.7. The van der Waals surface area contributed by atoms with Crippen molar-refractivity contribution in [2.24, 2.45) is 0 Å². The van der Waals surface area contributed by atoms with Gasteiger partial charge in [0.25, 0.3) is 10.1 Å². The SMILES string of the molecule is O=S(=O)(O)c1ccc(O)c(S(=O)(=O)c2ccc([O-])cc2)c1.[K+]. The van der Waals surface area contributed by atoms with Crippen molar-refractivity contribution >= 4 is 20.0 Å². The number of benzene rings is 2. The molecule has 0 aliphatic carbocycles. The Morgan fingerprint density at radius 2 is 1.36 bits per heavy atom. The third-order valence-electron chi connectivity index (χ3n) is 2.65. The topological polar surface area (TPSA) is 132 Å². The third kappa shape index (κ3) is 4.09. The molecule has 0 aliphatic heterocycles. The third-order valence-corrected chi connectivity index (χ3v) is 5.30. The minimum atomic E-state index is -4.62. The van der Waals surface area contributed by atoms with Crippen LogP contribution in [0.15, 0.2) is 57.2 Å². The van der Waals surface area contributed by atoms with Gasteiger partial charge in [0.05, 0.1) is 9.79 Å².